The van der Waals surface area contributed by atoms with Crippen molar-refractivity contribution >= 4 is 11.3 Å². The van der Waals surface area contributed by atoms with Gasteiger partial charge in [0.2, 0.25) is 0 Å². The summed E-state index contributed by atoms with van der Waals surface area (Å²) in [6, 6.07) is 5.71. The summed E-state index contributed by atoms with van der Waals surface area (Å²) in [5.74, 6) is 1.40. The van der Waals surface area contributed by atoms with E-state index in [0.717, 1.165) is 11.3 Å². The van der Waals surface area contributed by atoms with Gasteiger partial charge in [0, 0.05) is 11.4 Å². The van der Waals surface area contributed by atoms with Crippen molar-refractivity contribution in [2.45, 2.75) is 19.6 Å². The fourth-order valence-corrected chi connectivity index (χ4v) is 2.09. The number of rotatable bonds is 5. The maximum Gasteiger partial charge on any atom is 0.161 e. The van der Waals surface area contributed by atoms with Crippen LogP contribution in [0.4, 0.5) is 0 Å². The van der Waals surface area contributed by atoms with Crippen molar-refractivity contribution in [1.82, 2.24) is 4.98 Å². The molecule has 1 aromatic carbocycles. The van der Waals surface area contributed by atoms with E-state index in [2.05, 4.69) is 4.98 Å². The average Bonchev–Trinajstić information content (AvgIpc) is 2.89. The van der Waals surface area contributed by atoms with E-state index in [4.69, 9.17) is 15.2 Å². The first-order valence-corrected chi connectivity index (χ1v) is 6.58. The average molecular weight is 264 g/mol. The molecule has 2 N–H and O–H groups in total. The van der Waals surface area contributed by atoms with Gasteiger partial charge in [-0.1, -0.05) is 6.07 Å². The number of benzene rings is 1. The summed E-state index contributed by atoms with van der Waals surface area (Å²) in [6.07, 6.45) is 0. The van der Waals surface area contributed by atoms with E-state index < -0.39 is 0 Å². The third-order valence-corrected chi connectivity index (χ3v) is 3.21. The normalized spacial score (nSPS) is 12.2. The number of aromatic nitrogens is 1. The second-order valence-corrected chi connectivity index (χ2v) is 4.69. The van der Waals surface area contributed by atoms with E-state index in [0.29, 0.717) is 18.1 Å². The van der Waals surface area contributed by atoms with Gasteiger partial charge in [0.05, 0.1) is 18.3 Å². The number of ether oxygens (including phenoxy) is 2. The van der Waals surface area contributed by atoms with Gasteiger partial charge in [-0.3, -0.25) is 0 Å². The minimum atomic E-state index is -0.0218. The molecule has 0 radical (unpaired) electrons. The predicted molar refractivity (Wildman–Crippen MR) is 72.0 cm³/mol. The maximum atomic E-state index is 5.83. The molecule has 1 aromatic heterocycles. The molecule has 0 bridgehead atoms. The van der Waals surface area contributed by atoms with Crippen LogP contribution in [-0.2, 0) is 6.61 Å². The molecule has 2 aromatic rings. The standard InChI is InChI=1S/C13H16N2O2S/c1-9(14)10-3-4-12(13(5-10)16-2)17-6-11-7-18-8-15-11/h3-5,7-9H,6,14H2,1-2H3/t9-/m1/s1. The SMILES string of the molecule is COc1cc([C@@H](C)N)ccc1OCc1cscn1. The lowest BCUT2D eigenvalue weighted by molar-refractivity contribution is 0.281. The second kappa shape index (κ2) is 5.84. The Labute approximate surface area is 110 Å². The monoisotopic (exact) mass is 264 g/mol. The number of methoxy groups -OCH3 is 1. The molecule has 0 spiro atoms. The number of hydrogen-bond acceptors (Lipinski definition) is 5. The molecule has 0 aliphatic rings. The Hall–Kier alpha value is -1.59. The van der Waals surface area contributed by atoms with Crippen molar-refractivity contribution in [2.24, 2.45) is 5.73 Å². The highest BCUT2D eigenvalue weighted by Crippen LogP contribution is 2.30. The van der Waals surface area contributed by atoms with Crippen molar-refractivity contribution < 1.29 is 9.47 Å². The van der Waals surface area contributed by atoms with Crippen molar-refractivity contribution in [2.75, 3.05) is 7.11 Å². The van der Waals surface area contributed by atoms with Gasteiger partial charge in [-0.25, -0.2) is 4.98 Å². The van der Waals surface area contributed by atoms with E-state index in [9.17, 15) is 0 Å². The number of nitrogens with zero attached hydrogens (tertiary/aromatic N) is 1. The summed E-state index contributed by atoms with van der Waals surface area (Å²) in [6.45, 7) is 2.38. The fourth-order valence-electron chi connectivity index (χ4n) is 1.55. The Kier molecular flexibility index (Phi) is 4.17. The van der Waals surface area contributed by atoms with Crippen LogP contribution in [0, 0.1) is 0 Å². The topological polar surface area (TPSA) is 57.4 Å². The van der Waals surface area contributed by atoms with Crippen LogP contribution in [0.5, 0.6) is 11.5 Å². The Morgan fingerprint density at radius 2 is 2.22 bits per heavy atom. The molecule has 4 nitrogen and oxygen atoms in total. The predicted octanol–water partition coefficient (Wildman–Crippen LogP) is 2.75. The van der Waals surface area contributed by atoms with Crippen molar-refractivity contribution in [1.29, 1.82) is 0 Å². The van der Waals surface area contributed by atoms with Crippen LogP contribution in [0.15, 0.2) is 29.1 Å². The number of nitrogens with two attached hydrogens (primary N) is 1. The molecule has 0 fully saturated rings. The van der Waals surface area contributed by atoms with Gasteiger partial charge in [-0.05, 0) is 24.6 Å². The third kappa shape index (κ3) is 3.00. The van der Waals surface area contributed by atoms with Crippen LogP contribution in [0.25, 0.3) is 0 Å². The van der Waals surface area contributed by atoms with Crippen LogP contribution in [-0.4, -0.2) is 12.1 Å². The summed E-state index contributed by atoms with van der Waals surface area (Å²) in [5.41, 5.74) is 9.56. The van der Waals surface area contributed by atoms with Crippen LogP contribution in [0.3, 0.4) is 0 Å². The van der Waals surface area contributed by atoms with E-state index in [1.54, 1.807) is 24.0 Å². The zero-order valence-corrected chi connectivity index (χ0v) is 11.2. The van der Waals surface area contributed by atoms with Crippen LogP contribution < -0.4 is 15.2 Å². The van der Waals surface area contributed by atoms with Crippen molar-refractivity contribution in [3.05, 3.63) is 40.3 Å². The van der Waals surface area contributed by atoms with Gasteiger partial charge in [0.25, 0.3) is 0 Å². The molecule has 1 heterocycles. The molecule has 5 heteroatoms. The molecule has 0 amide bonds. The highest BCUT2D eigenvalue weighted by Gasteiger charge is 2.08. The minimum Gasteiger partial charge on any atom is -0.493 e. The summed E-state index contributed by atoms with van der Waals surface area (Å²) in [4.78, 5) is 4.17. The Morgan fingerprint density at radius 1 is 1.39 bits per heavy atom. The van der Waals surface area contributed by atoms with Crippen molar-refractivity contribution in [3.8, 4) is 11.5 Å². The zero-order chi connectivity index (χ0) is 13.0. The minimum absolute atomic E-state index is 0.0218. The first-order valence-electron chi connectivity index (χ1n) is 5.64. The highest BCUT2D eigenvalue weighted by molar-refractivity contribution is 7.07. The summed E-state index contributed by atoms with van der Waals surface area (Å²) >= 11 is 1.55. The first-order chi connectivity index (χ1) is 8.70. The quantitative estimate of drug-likeness (QED) is 0.902. The first kappa shape index (κ1) is 12.9. The van der Waals surface area contributed by atoms with E-state index >= 15 is 0 Å². The van der Waals surface area contributed by atoms with Gasteiger partial charge in [0.15, 0.2) is 11.5 Å². The van der Waals surface area contributed by atoms with Gasteiger partial charge in [-0.15, -0.1) is 11.3 Å². The van der Waals surface area contributed by atoms with E-state index in [-0.39, 0.29) is 6.04 Å². The van der Waals surface area contributed by atoms with Crippen molar-refractivity contribution in [3.63, 3.8) is 0 Å². The molecule has 0 aliphatic carbocycles. The van der Waals surface area contributed by atoms with E-state index in [1.807, 2.05) is 30.5 Å². The molecular formula is C13H16N2O2S. The van der Waals surface area contributed by atoms with Gasteiger partial charge in [-0.2, -0.15) is 0 Å². The zero-order valence-electron chi connectivity index (χ0n) is 10.4. The molecular weight excluding hydrogens is 248 g/mol. The van der Waals surface area contributed by atoms with E-state index in [1.165, 1.54) is 0 Å². The summed E-state index contributed by atoms with van der Waals surface area (Å²) < 4.78 is 11.0. The van der Waals surface area contributed by atoms with Gasteiger partial charge < -0.3 is 15.2 Å². The molecule has 0 saturated carbocycles. The van der Waals surface area contributed by atoms with Gasteiger partial charge in [0.1, 0.15) is 6.61 Å². The maximum absolute atomic E-state index is 5.83. The lowest BCUT2D eigenvalue weighted by atomic mass is 10.1. The Morgan fingerprint density at radius 3 is 2.83 bits per heavy atom. The molecule has 0 aliphatic heterocycles. The lowest BCUT2D eigenvalue weighted by Crippen LogP contribution is -2.05. The summed E-state index contributed by atoms with van der Waals surface area (Å²) in [7, 11) is 1.62. The molecule has 0 unspecified atom stereocenters. The Bertz CT molecular complexity index is 498. The van der Waals surface area contributed by atoms with Crippen LogP contribution in [0.1, 0.15) is 24.2 Å². The molecule has 0 saturated heterocycles. The summed E-state index contributed by atoms with van der Waals surface area (Å²) in [5, 5.41) is 1.96. The molecule has 1 atom stereocenters. The molecule has 18 heavy (non-hydrogen) atoms. The second-order valence-electron chi connectivity index (χ2n) is 3.97. The number of thiazole rings is 1. The molecule has 96 valence electrons. The fraction of sp³-hybridized carbons (Fsp3) is 0.308. The van der Waals surface area contributed by atoms with Crippen LogP contribution >= 0.6 is 11.3 Å². The molecule has 2 rings (SSSR count). The Balaban J connectivity index is 2.12. The van der Waals surface area contributed by atoms with Gasteiger partial charge >= 0.3 is 0 Å². The largest absolute Gasteiger partial charge is 0.493 e. The number of hydrogen-bond donors (Lipinski definition) is 1. The highest BCUT2D eigenvalue weighted by atomic mass is 32.1. The lowest BCUT2D eigenvalue weighted by Gasteiger charge is -2.13. The smallest absolute Gasteiger partial charge is 0.161 e. The third-order valence-electron chi connectivity index (χ3n) is 2.57. The van der Waals surface area contributed by atoms with Crippen LogP contribution in [0.2, 0.25) is 0 Å².